The smallest absolute Gasteiger partial charge is 0.223 e. The highest BCUT2D eigenvalue weighted by Gasteiger charge is 2.11. The van der Waals surface area contributed by atoms with Crippen LogP contribution in [0.1, 0.15) is 38.9 Å². The van der Waals surface area contributed by atoms with Crippen LogP contribution < -0.4 is 5.32 Å². The Morgan fingerprint density at radius 1 is 1.43 bits per heavy atom. The van der Waals surface area contributed by atoms with E-state index in [-0.39, 0.29) is 0 Å². The number of nitrogens with one attached hydrogen (secondary N) is 1. The van der Waals surface area contributed by atoms with Gasteiger partial charge in [-0.2, -0.15) is 4.98 Å². The van der Waals surface area contributed by atoms with Crippen molar-refractivity contribution in [2.45, 2.75) is 46.7 Å². The second-order valence-electron chi connectivity index (χ2n) is 3.87. The molecule has 1 atom stereocenters. The molecule has 14 heavy (non-hydrogen) atoms. The molecule has 0 spiro atoms. The molecule has 1 rings (SSSR count). The lowest BCUT2D eigenvalue weighted by Crippen LogP contribution is -2.32. The van der Waals surface area contributed by atoms with Crippen LogP contribution in [0.4, 0.5) is 0 Å². The predicted molar refractivity (Wildman–Crippen MR) is 54.8 cm³/mol. The van der Waals surface area contributed by atoms with Gasteiger partial charge in [0, 0.05) is 13.0 Å². The zero-order valence-electron chi connectivity index (χ0n) is 9.37. The summed E-state index contributed by atoms with van der Waals surface area (Å²) in [7, 11) is 0. The topological polar surface area (TPSA) is 51.0 Å². The lowest BCUT2D eigenvalue weighted by Gasteiger charge is -2.19. The monoisotopic (exact) mass is 197 g/mol. The number of aryl methyl sites for hydroxylation is 1. The molecule has 0 radical (unpaired) electrons. The van der Waals surface area contributed by atoms with E-state index in [4.69, 9.17) is 4.52 Å². The molecule has 0 fully saturated rings. The van der Waals surface area contributed by atoms with Gasteiger partial charge in [0.1, 0.15) is 0 Å². The molecule has 0 aliphatic carbocycles. The summed E-state index contributed by atoms with van der Waals surface area (Å²) < 4.78 is 4.89. The van der Waals surface area contributed by atoms with E-state index in [0.29, 0.717) is 24.4 Å². The summed E-state index contributed by atoms with van der Waals surface area (Å²) in [5.41, 5.74) is 0. The van der Waals surface area contributed by atoms with E-state index in [1.54, 1.807) is 6.92 Å². The maximum absolute atomic E-state index is 4.89. The molecule has 1 aromatic rings. The maximum Gasteiger partial charge on any atom is 0.223 e. The standard InChI is InChI=1S/C10H19N3O/c1-5-9(7(2)3)11-6-10-12-8(4)14-13-10/h7,9,11H,5-6H2,1-4H3. The van der Waals surface area contributed by atoms with Gasteiger partial charge in [-0.1, -0.05) is 25.9 Å². The molecule has 80 valence electrons. The Balaban J connectivity index is 2.39. The van der Waals surface area contributed by atoms with Gasteiger partial charge in [-0.3, -0.25) is 0 Å². The van der Waals surface area contributed by atoms with Gasteiger partial charge in [-0.25, -0.2) is 0 Å². The van der Waals surface area contributed by atoms with Crippen LogP contribution >= 0.6 is 0 Å². The van der Waals surface area contributed by atoms with Crippen molar-refractivity contribution >= 4 is 0 Å². The van der Waals surface area contributed by atoms with Crippen LogP contribution in [0.15, 0.2) is 4.52 Å². The Morgan fingerprint density at radius 3 is 2.57 bits per heavy atom. The Morgan fingerprint density at radius 2 is 2.14 bits per heavy atom. The van der Waals surface area contributed by atoms with Gasteiger partial charge in [0.05, 0.1) is 6.54 Å². The molecule has 0 saturated heterocycles. The molecule has 0 amide bonds. The fourth-order valence-corrected chi connectivity index (χ4v) is 1.49. The third-order valence-electron chi connectivity index (χ3n) is 2.34. The molecular formula is C10H19N3O. The Hall–Kier alpha value is -0.900. The predicted octanol–water partition coefficient (Wildman–Crippen LogP) is 1.90. The lowest BCUT2D eigenvalue weighted by molar-refractivity contribution is 0.365. The largest absolute Gasteiger partial charge is 0.340 e. The number of hydrogen-bond acceptors (Lipinski definition) is 4. The van der Waals surface area contributed by atoms with Crippen molar-refractivity contribution in [3.8, 4) is 0 Å². The van der Waals surface area contributed by atoms with Crippen molar-refractivity contribution < 1.29 is 4.52 Å². The first-order chi connectivity index (χ1) is 6.63. The molecule has 0 saturated carbocycles. The van der Waals surface area contributed by atoms with Gasteiger partial charge in [0.25, 0.3) is 0 Å². The Kier molecular flexibility index (Phi) is 4.07. The molecule has 0 aliphatic rings. The summed E-state index contributed by atoms with van der Waals surface area (Å²) in [4.78, 5) is 4.14. The van der Waals surface area contributed by atoms with Crippen LogP contribution in [0, 0.1) is 12.8 Å². The van der Waals surface area contributed by atoms with Crippen molar-refractivity contribution in [2.24, 2.45) is 5.92 Å². The van der Waals surface area contributed by atoms with E-state index in [9.17, 15) is 0 Å². The SMILES string of the molecule is CCC(NCc1noc(C)n1)C(C)C. The average molecular weight is 197 g/mol. The fraction of sp³-hybridized carbons (Fsp3) is 0.800. The molecule has 4 heteroatoms. The van der Waals surface area contributed by atoms with Crippen LogP contribution in [0.2, 0.25) is 0 Å². The molecule has 1 aromatic heterocycles. The minimum Gasteiger partial charge on any atom is -0.340 e. The number of rotatable bonds is 5. The van der Waals surface area contributed by atoms with E-state index >= 15 is 0 Å². The van der Waals surface area contributed by atoms with E-state index in [1.807, 2.05) is 0 Å². The summed E-state index contributed by atoms with van der Waals surface area (Å²) in [6.45, 7) is 9.09. The van der Waals surface area contributed by atoms with E-state index in [2.05, 4.69) is 36.2 Å². The van der Waals surface area contributed by atoms with Crippen molar-refractivity contribution in [1.82, 2.24) is 15.5 Å². The molecule has 4 nitrogen and oxygen atoms in total. The third kappa shape index (κ3) is 3.10. The number of nitrogens with zero attached hydrogens (tertiary/aromatic N) is 2. The number of hydrogen-bond donors (Lipinski definition) is 1. The Bertz CT molecular complexity index is 270. The van der Waals surface area contributed by atoms with Crippen LogP contribution in [-0.2, 0) is 6.54 Å². The molecule has 1 N–H and O–H groups in total. The summed E-state index contributed by atoms with van der Waals surface area (Å²) in [5.74, 6) is 1.99. The van der Waals surface area contributed by atoms with Crippen LogP contribution in [0.25, 0.3) is 0 Å². The van der Waals surface area contributed by atoms with Gasteiger partial charge < -0.3 is 9.84 Å². The zero-order valence-corrected chi connectivity index (χ0v) is 9.37. The highest BCUT2D eigenvalue weighted by molar-refractivity contribution is 4.84. The van der Waals surface area contributed by atoms with Crippen molar-refractivity contribution in [2.75, 3.05) is 0 Å². The van der Waals surface area contributed by atoms with Gasteiger partial charge in [-0.05, 0) is 12.3 Å². The zero-order chi connectivity index (χ0) is 10.6. The van der Waals surface area contributed by atoms with E-state index < -0.39 is 0 Å². The second-order valence-corrected chi connectivity index (χ2v) is 3.87. The molecule has 0 aliphatic heterocycles. The van der Waals surface area contributed by atoms with Crippen molar-refractivity contribution in [1.29, 1.82) is 0 Å². The van der Waals surface area contributed by atoms with Gasteiger partial charge in [-0.15, -0.1) is 0 Å². The van der Waals surface area contributed by atoms with E-state index in [1.165, 1.54) is 0 Å². The number of aromatic nitrogens is 2. The molecule has 1 heterocycles. The summed E-state index contributed by atoms with van der Waals surface area (Å²) in [5, 5.41) is 7.25. The van der Waals surface area contributed by atoms with Crippen LogP contribution in [0.3, 0.4) is 0 Å². The van der Waals surface area contributed by atoms with Gasteiger partial charge >= 0.3 is 0 Å². The highest BCUT2D eigenvalue weighted by Crippen LogP contribution is 2.06. The average Bonchev–Trinajstić information content (AvgIpc) is 2.52. The first-order valence-electron chi connectivity index (χ1n) is 5.16. The molecule has 1 unspecified atom stereocenters. The van der Waals surface area contributed by atoms with Crippen molar-refractivity contribution in [3.63, 3.8) is 0 Å². The van der Waals surface area contributed by atoms with Gasteiger partial charge in [0.15, 0.2) is 5.82 Å². The molecule has 0 aromatic carbocycles. The lowest BCUT2D eigenvalue weighted by atomic mass is 10.0. The van der Waals surface area contributed by atoms with Crippen molar-refractivity contribution in [3.05, 3.63) is 11.7 Å². The fourth-order valence-electron chi connectivity index (χ4n) is 1.49. The maximum atomic E-state index is 4.89. The molecular weight excluding hydrogens is 178 g/mol. The molecule has 0 bridgehead atoms. The minimum absolute atomic E-state index is 0.522. The van der Waals surface area contributed by atoms with Gasteiger partial charge in [0.2, 0.25) is 5.89 Å². The third-order valence-corrected chi connectivity index (χ3v) is 2.34. The minimum atomic E-state index is 0.522. The summed E-state index contributed by atoms with van der Waals surface area (Å²) >= 11 is 0. The summed E-state index contributed by atoms with van der Waals surface area (Å²) in [6.07, 6.45) is 1.12. The van der Waals surface area contributed by atoms with Crippen LogP contribution in [-0.4, -0.2) is 16.2 Å². The first-order valence-corrected chi connectivity index (χ1v) is 5.16. The van der Waals surface area contributed by atoms with Crippen LogP contribution in [0.5, 0.6) is 0 Å². The normalized spacial score (nSPS) is 13.5. The summed E-state index contributed by atoms with van der Waals surface area (Å²) in [6, 6.07) is 0.522. The Labute approximate surface area is 85.1 Å². The first kappa shape index (κ1) is 11.2. The van der Waals surface area contributed by atoms with E-state index in [0.717, 1.165) is 12.2 Å². The second kappa shape index (κ2) is 5.10. The highest BCUT2D eigenvalue weighted by atomic mass is 16.5. The quantitative estimate of drug-likeness (QED) is 0.783.